The summed E-state index contributed by atoms with van der Waals surface area (Å²) in [7, 11) is 0. The highest BCUT2D eigenvalue weighted by Gasteiger charge is 2.42. The highest BCUT2D eigenvalue weighted by atomic mass is 32.1. The predicted molar refractivity (Wildman–Crippen MR) is 83.8 cm³/mol. The second kappa shape index (κ2) is 5.14. The van der Waals surface area contributed by atoms with Crippen LogP contribution in [0.4, 0.5) is 0 Å². The Hall–Kier alpha value is -2.34. The maximum Gasteiger partial charge on any atom is 0.275 e. The molecule has 0 saturated carbocycles. The van der Waals surface area contributed by atoms with E-state index >= 15 is 0 Å². The van der Waals surface area contributed by atoms with Crippen LogP contribution in [0.2, 0.25) is 0 Å². The van der Waals surface area contributed by atoms with Crippen molar-refractivity contribution in [3.8, 4) is 11.5 Å². The van der Waals surface area contributed by atoms with E-state index in [9.17, 15) is 4.79 Å². The van der Waals surface area contributed by atoms with Crippen molar-refractivity contribution in [1.82, 2.24) is 15.1 Å². The lowest BCUT2D eigenvalue weighted by Crippen LogP contribution is -2.29. The van der Waals surface area contributed by atoms with Crippen molar-refractivity contribution in [1.29, 1.82) is 0 Å². The Bertz CT molecular complexity index is 790. The van der Waals surface area contributed by atoms with Gasteiger partial charge in [0.15, 0.2) is 11.5 Å². The van der Waals surface area contributed by atoms with Gasteiger partial charge < -0.3 is 9.32 Å². The Kier molecular flexibility index (Phi) is 3.11. The number of hydrogen-bond acceptors (Lipinski definition) is 4. The van der Waals surface area contributed by atoms with Crippen LogP contribution in [0.25, 0.3) is 11.5 Å². The molecule has 0 radical (unpaired) electrons. The van der Waals surface area contributed by atoms with Crippen molar-refractivity contribution in [2.24, 2.45) is 0 Å². The average molecular weight is 313 g/mol. The number of thiophene rings is 1. The normalized spacial score (nSPS) is 17.2. The van der Waals surface area contributed by atoms with Gasteiger partial charge in [0.1, 0.15) is 5.69 Å². The fraction of sp³-hybridized carbons (Fsp3) is 0.250. The van der Waals surface area contributed by atoms with Crippen LogP contribution in [0.1, 0.15) is 40.3 Å². The summed E-state index contributed by atoms with van der Waals surface area (Å²) < 4.78 is 5.50. The molecule has 3 aromatic heterocycles. The zero-order valence-corrected chi connectivity index (χ0v) is 12.9. The van der Waals surface area contributed by atoms with Crippen LogP contribution in [0.3, 0.4) is 0 Å². The second-order valence-electron chi connectivity index (χ2n) is 5.25. The largest absolute Gasteiger partial charge is 0.463 e. The van der Waals surface area contributed by atoms with Gasteiger partial charge in [0, 0.05) is 17.0 Å². The molecule has 4 heterocycles. The van der Waals surface area contributed by atoms with Gasteiger partial charge in [0.2, 0.25) is 0 Å². The van der Waals surface area contributed by atoms with Crippen LogP contribution in [-0.2, 0) is 0 Å². The van der Waals surface area contributed by atoms with Gasteiger partial charge in [-0.2, -0.15) is 5.10 Å². The molecule has 0 bridgehead atoms. The molecule has 1 atom stereocenters. The summed E-state index contributed by atoms with van der Waals surface area (Å²) in [5, 5.41) is 9.27. The van der Waals surface area contributed by atoms with E-state index in [0.29, 0.717) is 11.5 Å². The first-order valence-electron chi connectivity index (χ1n) is 7.27. The van der Waals surface area contributed by atoms with Gasteiger partial charge >= 0.3 is 0 Å². The summed E-state index contributed by atoms with van der Waals surface area (Å²) in [6, 6.07) is 7.72. The minimum Gasteiger partial charge on any atom is -0.463 e. The third-order valence-corrected chi connectivity index (χ3v) is 4.82. The summed E-state index contributed by atoms with van der Waals surface area (Å²) >= 11 is 1.66. The van der Waals surface area contributed by atoms with Crippen molar-refractivity contribution in [3.63, 3.8) is 0 Å². The zero-order valence-electron chi connectivity index (χ0n) is 12.1. The number of aromatic amines is 1. The van der Waals surface area contributed by atoms with E-state index in [1.807, 2.05) is 28.5 Å². The SMILES string of the molecule is CCCN1C(=O)c2n[nH]c(-c3ccco3)c2[C@@H]1c1cccs1. The molecule has 0 spiro atoms. The quantitative estimate of drug-likeness (QED) is 0.799. The smallest absolute Gasteiger partial charge is 0.275 e. The number of rotatable bonds is 4. The van der Waals surface area contributed by atoms with Crippen LogP contribution < -0.4 is 0 Å². The molecule has 0 aliphatic carbocycles. The number of carbonyl (C=O) groups is 1. The van der Waals surface area contributed by atoms with Crippen LogP contribution in [-0.4, -0.2) is 27.5 Å². The summed E-state index contributed by atoms with van der Waals surface area (Å²) in [4.78, 5) is 15.7. The van der Waals surface area contributed by atoms with Gasteiger partial charge in [-0.25, -0.2) is 0 Å². The fourth-order valence-electron chi connectivity index (χ4n) is 3.01. The molecule has 22 heavy (non-hydrogen) atoms. The number of H-pyrrole nitrogens is 1. The Balaban J connectivity index is 1.89. The van der Waals surface area contributed by atoms with Crippen molar-refractivity contribution < 1.29 is 9.21 Å². The molecular formula is C16H15N3O2S. The van der Waals surface area contributed by atoms with Gasteiger partial charge in [-0.15, -0.1) is 11.3 Å². The van der Waals surface area contributed by atoms with Gasteiger partial charge in [0.05, 0.1) is 12.3 Å². The number of fused-ring (bicyclic) bond motifs is 1. The van der Waals surface area contributed by atoms with Crippen molar-refractivity contribution in [2.45, 2.75) is 19.4 Å². The lowest BCUT2D eigenvalue weighted by molar-refractivity contribution is 0.0746. The molecule has 1 amide bonds. The van der Waals surface area contributed by atoms with Gasteiger partial charge in [-0.3, -0.25) is 9.89 Å². The molecule has 1 N–H and O–H groups in total. The monoisotopic (exact) mass is 313 g/mol. The average Bonchev–Trinajstić information content (AvgIpc) is 3.26. The fourth-order valence-corrected chi connectivity index (χ4v) is 3.86. The van der Waals surface area contributed by atoms with E-state index in [1.165, 1.54) is 0 Å². The Morgan fingerprint density at radius 2 is 2.32 bits per heavy atom. The Morgan fingerprint density at radius 3 is 3.00 bits per heavy atom. The van der Waals surface area contributed by atoms with Crippen LogP contribution >= 0.6 is 11.3 Å². The number of amides is 1. The second-order valence-corrected chi connectivity index (χ2v) is 6.23. The van der Waals surface area contributed by atoms with Gasteiger partial charge in [-0.05, 0) is 30.0 Å². The molecule has 6 heteroatoms. The maximum absolute atomic E-state index is 12.7. The van der Waals surface area contributed by atoms with Crippen molar-refractivity contribution in [3.05, 3.63) is 52.0 Å². The molecule has 5 nitrogen and oxygen atoms in total. The minimum atomic E-state index is -0.0821. The van der Waals surface area contributed by atoms with E-state index in [2.05, 4.69) is 23.2 Å². The Labute approximate surface area is 131 Å². The number of furan rings is 1. The van der Waals surface area contributed by atoms with Gasteiger partial charge in [0.25, 0.3) is 5.91 Å². The van der Waals surface area contributed by atoms with E-state index in [0.717, 1.165) is 29.1 Å². The summed E-state index contributed by atoms with van der Waals surface area (Å²) in [5.74, 6) is 0.700. The van der Waals surface area contributed by atoms with Crippen molar-refractivity contribution >= 4 is 17.2 Å². The highest BCUT2D eigenvalue weighted by molar-refractivity contribution is 7.10. The lowest BCUT2D eigenvalue weighted by atomic mass is 10.0. The van der Waals surface area contributed by atoms with Crippen LogP contribution in [0, 0.1) is 0 Å². The van der Waals surface area contributed by atoms with Crippen molar-refractivity contribution in [2.75, 3.05) is 6.54 Å². The maximum atomic E-state index is 12.7. The predicted octanol–water partition coefficient (Wildman–Crippen LogP) is 3.69. The molecule has 0 saturated heterocycles. The number of hydrogen-bond donors (Lipinski definition) is 1. The third-order valence-electron chi connectivity index (χ3n) is 3.90. The van der Waals surface area contributed by atoms with Gasteiger partial charge in [-0.1, -0.05) is 13.0 Å². The summed E-state index contributed by atoms with van der Waals surface area (Å²) in [6.45, 7) is 2.80. The number of nitrogens with zero attached hydrogens (tertiary/aromatic N) is 2. The molecule has 1 aliphatic heterocycles. The number of aromatic nitrogens is 2. The van der Waals surface area contributed by atoms with Crippen LogP contribution in [0.5, 0.6) is 0 Å². The first kappa shape index (κ1) is 13.3. The first-order chi connectivity index (χ1) is 10.8. The molecular weight excluding hydrogens is 298 g/mol. The van der Waals surface area contributed by atoms with Crippen LogP contribution in [0.15, 0.2) is 40.3 Å². The standard InChI is InChI=1S/C16H15N3O2S/c1-2-7-19-15(11-6-4-9-22-11)12-13(10-5-3-8-21-10)17-18-14(12)16(19)20/h3-6,8-9,15H,2,7H2,1H3,(H,17,18)/t15-/m0/s1. The van der Waals surface area contributed by atoms with E-state index in [4.69, 9.17) is 4.42 Å². The molecule has 3 aromatic rings. The summed E-state index contributed by atoms with van der Waals surface area (Å²) in [6.07, 6.45) is 2.54. The molecule has 0 unspecified atom stereocenters. The van der Waals surface area contributed by atoms with E-state index in [1.54, 1.807) is 17.6 Å². The highest BCUT2D eigenvalue weighted by Crippen LogP contribution is 2.43. The first-order valence-corrected chi connectivity index (χ1v) is 8.15. The topological polar surface area (TPSA) is 62.1 Å². The third kappa shape index (κ3) is 1.84. The zero-order chi connectivity index (χ0) is 15.1. The molecule has 112 valence electrons. The summed E-state index contributed by atoms with van der Waals surface area (Å²) in [5.41, 5.74) is 2.24. The number of carbonyl (C=O) groups excluding carboxylic acids is 1. The van der Waals surface area contributed by atoms with E-state index < -0.39 is 0 Å². The minimum absolute atomic E-state index is 0.00990. The molecule has 4 rings (SSSR count). The molecule has 0 aromatic carbocycles. The number of nitrogens with one attached hydrogen (secondary N) is 1. The van der Waals surface area contributed by atoms with E-state index in [-0.39, 0.29) is 11.9 Å². The molecule has 0 fully saturated rings. The lowest BCUT2D eigenvalue weighted by Gasteiger charge is -2.24. The molecule has 1 aliphatic rings. The Morgan fingerprint density at radius 1 is 1.41 bits per heavy atom.